The van der Waals surface area contributed by atoms with E-state index in [4.69, 9.17) is 5.73 Å². The van der Waals surface area contributed by atoms with Crippen LogP contribution in [0.1, 0.15) is 25.6 Å². The van der Waals surface area contributed by atoms with Gasteiger partial charge in [0, 0.05) is 17.2 Å². The normalized spacial score (nSPS) is 14.7. The summed E-state index contributed by atoms with van der Waals surface area (Å²) in [5.41, 5.74) is 5.80. The van der Waals surface area contributed by atoms with Gasteiger partial charge in [0.2, 0.25) is 0 Å². The van der Waals surface area contributed by atoms with Crippen LogP contribution in [0.5, 0.6) is 0 Å². The fourth-order valence-corrected chi connectivity index (χ4v) is 2.00. The van der Waals surface area contributed by atoms with Crippen molar-refractivity contribution in [1.82, 2.24) is 0 Å². The van der Waals surface area contributed by atoms with Crippen molar-refractivity contribution in [2.24, 2.45) is 16.6 Å². The van der Waals surface area contributed by atoms with E-state index in [9.17, 15) is 0 Å². The third kappa shape index (κ3) is 3.50. The van der Waals surface area contributed by atoms with E-state index in [2.05, 4.69) is 43.3 Å². The SMILES string of the molecule is CC(Cc1cccs1)N=C(N)C(C)C. The second kappa shape index (κ2) is 5.15. The second-order valence-electron chi connectivity index (χ2n) is 3.84. The summed E-state index contributed by atoms with van der Waals surface area (Å²) in [5, 5.41) is 2.09. The third-order valence-corrected chi connectivity index (χ3v) is 2.94. The molecule has 0 saturated heterocycles. The summed E-state index contributed by atoms with van der Waals surface area (Å²) in [5.74, 6) is 1.11. The fourth-order valence-electron chi connectivity index (χ4n) is 1.17. The Balaban J connectivity index is 2.51. The van der Waals surface area contributed by atoms with Crippen molar-refractivity contribution in [3.05, 3.63) is 22.4 Å². The zero-order chi connectivity index (χ0) is 10.6. The van der Waals surface area contributed by atoms with Crippen LogP contribution < -0.4 is 5.73 Å². The first kappa shape index (κ1) is 11.2. The van der Waals surface area contributed by atoms with E-state index in [1.54, 1.807) is 11.3 Å². The Morgan fingerprint density at radius 1 is 1.50 bits per heavy atom. The zero-order valence-electron chi connectivity index (χ0n) is 9.03. The molecule has 0 aromatic carbocycles. The molecule has 1 aromatic heterocycles. The number of hydrogen-bond donors (Lipinski definition) is 1. The van der Waals surface area contributed by atoms with E-state index in [1.165, 1.54) is 4.88 Å². The van der Waals surface area contributed by atoms with Gasteiger partial charge in [-0.05, 0) is 18.4 Å². The summed E-state index contributed by atoms with van der Waals surface area (Å²) in [4.78, 5) is 5.83. The molecule has 1 rings (SSSR count). The molecule has 1 atom stereocenters. The number of hydrogen-bond acceptors (Lipinski definition) is 2. The molecule has 0 amide bonds. The highest BCUT2D eigenvalue weighted by molar-refractivity contribution is 7.09. The highest BCUT2D eigenvalue weighted by Crippen LogP contribution is 2.12. The Hall–Kier alpha value is -0.830. The number of nitrogens with two attached hydrogens (primary N) is 1. The van der Waals surface area contributed by atoms with Gasteiger partial charge in [0.25, 0.3) is 0 Å². The highest BCUT2D eigenvalue weighted by Gasteiger charge is 2.05. The summed E-state index contributed by atoms with van der Waals surface area (Å²) in [6.07, 6.45) is 0.991. The third-order valence-electron chi connectivity index (χ3n) is 2.04. The zero-order valence-corrected chi connectivity index (χ0v) is 9.84. The lowest BCUT2D eigenvalue weighted by atomic mass is 10.2. The van der Waals surface area contributed by atoms with E-state index in [0.717, 1.165) is 12.3 Å². The first-order valence-electron chi connectivity index (χ1n) is 4.95. The molecule has 0 fully saturated rings. The van der Waals surface area contributed by atoms with Crippen LogP contribution in [0.25, 0.3) is 0 Å². The van der Waals surface area contributed by atoms with Gasteiger partial charge in [0.1, 0.15) is 0 Å². The Morgan fingerprint density at radius 3 is 2.71 bits per heavy atom. The van der Waals surface area contributed by atoms with Crippen molar-refractivity contribution in [3.8, 4) is 0 Å². The Kier molecular flexibility index (Phi) is 4.14. The minimum Gasteiger partial charge on any atom is -0.387 e. The van der Waals surface area contributed by atoms with Crippen LogP contribution >= 0.6 is 11.3 Å². The Morgan fingerprint density at radius 2 is 2.21 bits per heavy atom. The van der Waals surface area contributed by atoms with E-state index in [1.807, 2.05) is 0 Å². The quantitative estimate of drug-likeness (QED) is 0.602. The van der Waals surface area contributed by atoms with Crippen LogP contribution in [0.15, 0.2) is 22.5 Å². The van der Waals surface area contributed by atoms with E-state index >= 15 is 0 Å². The number of rotatable bonds is 4. The lowest BCUT2D eigenvalue weighted by molar-refractivity contribution is 0.728. The maximum Gasteiger partial charge on any atom is 0.0966 e. The molecule has 0 saturated carbocycles. The number of amidine groups is 1. The molecular weight excluding hydrogens is 192 g/mol. The van der Waals surface area contributed by atoms with Crippen molar-refractivity contribution >= 4 is 17.2 Å². The van der Waals surface area contributed by atoms with Gasteiger partial charge in [-0.15, -0.1) is 11.3 Å². The lowest BCUT2D eigenvalue weighted by Gasteiger charge is -2.09. The molecule has 1 heterocycles. The molecule has 0 bridgehead atoms. The minimum atomic E-state index is 0.288. The molecule has 78 valence electrons. The van der Waals surface area contributed by atoms with Crippen LogP contribution in [0.3, 0.4) is 0 Å². The average molecular weight is 210 g/mol. The summed E-state index contributed by atoms with van der Waals surface area (Å²) in [6.45, 7) is 6.24. The molecule has 1 aromatic rings. The van der Waals surface area contributed by atoms with Crippen LogP contribution in [0, 0.1) is 5.92 Å². The van der Waals surface area contributed by atoms with Gasteiger partial charge in [0.05, 0.1) is 11.9 Å². The van der Waals surface area contributed by atoms with Gasteiger partial charge in [-0.25, -0.2) is 0 Å². The smallest absolute Gasteiger partial charge is 0.0966 e. The van der Waals surface area contributed by atoms with Crippen LogP contribution in [-0.4, -0.2) is 11.9 Å². The molecule has 1 unspecified atom stereocenters. The lowest BCUT2D eigenvalue weighted by Crippen LogP contribution is -2.21. The molecule has 3 heteroatoms. The molecule has 2 nitrogen and oxygen atoms in total. The van der Waals surface area contributed by atoms with Gasteiger partial charge in [0.15, 0.2) is 0 Å². The largest absolute Gasteiger partial charge is 0.387 e. The fraction of sp³-hybridized carbons (Fsp3) is 0.545. The van der Waals surface area contributed by atoms with Crippen molar-refractivity contribution in [3.63, 3.8) is 0 Å². The summed E-state index contributed by atoms with van der Waals surface area (Å²) in [6, 6.07) is 4.50. The Labute approximate surface area is 89.9 Å². The number of aliphatic imine (C=N–C) groups is 1. The van der Waals surface area contributed by atoms with Crippen LogP contribution in [0.2, 0.25) is 0 Å². The van der Waals surface area contributed by atoms with Crippen molar-refractivity contribution in [2.45, 2.75) is 33.2 Å². The molecular formula is C11H18N2S. The van der Waals surface area contributed by atoms with Gasteiger partial charge < -0.3 is 5.73 Å². The first-order valence-corrected chi connectivity index (χ1v) is 5.83. The average Bonchev–Trinajstić information content (AvgIpc) is 2.56. The number of thiophene rings is 1. The van der Waals surface area contributed by atoms with Gasteiger partial charge in [-0.3, -0.25) is 4.99 Å². The minimum absolute atomic E-state index is 0.288. The highest BCUT2D eigenvalue weighted by atomic mass is 32.1. The molecule has 0 aliphatic heterocycles. The molecule has 0 aliphatic carbocycles. The second-order valence-corrected chi connectivity index (χ2v) is 4.87. The van der Waals surface area contributed by atoms with Crippen molar-refractivity contribution in [2.75, 3.05) is 0 Å². The van der Waals surface area contributed by atoms with Crippen LogP contribution in [-0.2, 0) is 6.42 Å². The maximum atomic E-state index is 5.80. The van der Waals surface area contributed by atoms with E-state index in [0.29, 0.717) is 5.92 Å². The molecule has 0 spiro atoms. The van der Waals surface area contributed by atoms with Gasteiger partial charge in [-0.2, -0.15) is 0 Å². The van der Waals surface area contributed by atoms with Crippen molar-refractivity contribution in [1.29, 1.82) is 0 Å². The monoisotopic (exact) mass is 210 g/mol. The predicted octanol–water partition coefficient (Wildman–Crippen LogP) is 2.69. The van der Waals surface area contributed by atoms with E-state index < -0.39 is 0 Å². The van der Waals surface area contributed by atoms with Crippen molar-refractivity contribution < 1.29 is 0 Å². The van der Waals surface area contributed by atoms with Crippen LogP contribution in [0.4, 0.5) is 0 Å². The van der Waals surface area contributed by atoms with Gasteiger partial charge in [-0.1, -0.05) is 19.9 Å². The molecule has 0 aliphatic rings. The maximum absolute atomic E-state index is 5.80. The first-order chi connectivity index (χ1) is 6.59. The summed E-state index contributed by atoms with van der Waals surface area (Å²) >= 11 is 1.78. The van der Waals surface area contributed by atoms with E-state index in [-0.39, 0.29) is 6.04 Å². The summed E-state index contributed by atoms with van der Waals surface area (Å²) < 4.78 is 0. The predicted molar refractivity (Wildman–Crippen MR) is 63.9 cm³/mol. The topological polar surface area (TPSA) is 38.4 Å². The Bertz CT molecular complexity index is 288. The molecule has 2 N–H and O–H groups in total. The molecule has 14 heavy (non-hydrogen) atoms. The molecule has 0 radical (unpaired) electrons. The summed E-state index contributed by atoms with van der Waals surface area (Å²) in [7, 11) is 0. The van der Waals surface area contributed by atoms with Gasteiger partial charge >= 0.3 is 0 Å². The number of nitrogens with zero attached hydrogens (tertiary/aromatic N) is 1. The standard InChI is InChI=1S/C11H18N2S/c1-8(2)11(12)13-9(3)7-10-5-4-6-14-10/h4-6,8-9H,7H2,1-3H3,(H2,12,13).